The maximum absolute atomic E-state index is 12.3. The van der Waals surface area contributed by atoms with Gasteiger partial charge in [0.25, 0.3) is 0 Å². The summed E-state index contributed by atoms with van der Waals surface area (Å²) in [6.45, 7) is 4.35. The van der Waals surface area contributed by atoms with Crippen molar-refractivity contribution >= 4 is 17.5 Å². The minimum Gasteiger partial charge on any atom is -0.497 e. The van der Waals surface area contributed by atoms with E-state index in [1.54, 1.807) is 30.2 Å². The highest BCUT2D eigenvalue weighted by Gasteiger charge is 2.36. The van der Waals surface area contributed by atoms with E-state index >= 15 is 0 Å². The van der Waals surface area contributed by atoms with Gasteiger partial charge in [-0.2, -0.15) is 0 Å². The third-order valence-corrected chi connectivity index (χ3v) is 3.89. The van der Waals surface area contributed by atoms with E-state index < -0.39 is 11.5 Å². The maximum Gasteiger partial charge on any atom is 0.227 e. The standard InChI is InChI=1S/C17H25N3O4/c1-17(2,18)10-19-16(22)11-7-15(21)20(9-11)13-6-5-12(23-3)8-14(13)24-4/h5-6,8,11H,7,9-10,18H2,1-4H3,(H,19,22). The van der Waals surface area contributed by atoms with Crippen molar-refractivity contribution in [1.82, 2.24) is 5.32 Å². The van der Waals surface area contributed by atoms with E-state index in [-0.39, 0.29) is 18.2 Å². The quantitative estimate of drug-likeness (QED) is 0.806. The number of anilines is 1. The summed E-state index contributed by atoms with van der Waals surface area (Å²) in [5, 5.41) is 2.81. The molecule has 24 heavy (non-hydrogen) atoms. The molecule has 1 saturated heterocycles. The van der Waals surface area contributed by atoms with Crippen molar-refractivity contribution in [3.8, 4) is 11.5 Å². The molecule has 7 heteroatoms. The molecule has 0 saturated carbocycles. The van der Waals surface area contributed by atoms with Crippen molar-refractivity contribution in [2.45, 2.75) is 25.8 Å². The molecule has 0 spiro atoms. The lowest BCUT2D eigenvalue weighted by molar-refractivity contribution is -0.126. The van der Waals surface area contributed by atoms with Gasteiger partial charge >= 0.3 is 0 Å². The zero-order valence-electron chi connectivity index (χ0n) is 14.6. The summed E-state index contributed by atoms with van der Waals surface area (Å²) in [7, 11) is 3.10. The summed E-state index contributed by atoms with van der Waals surface area (Å²) in [5.74, 6) is 0.516. The van der Waals surface area contributed by atoms with Crippen molar-refractivity contribution in [2.75, 3.05) is 32.2 Å². The first-order chi connectivity index (χ1) is 11.2. The zero-order valence-corrected chi connectivity index (χ0v) is 14.6. The van der Waals surface area contributed by atoms with Gasteiger partial charge in [-0.15, -0.1) is 0 Å². The fourth-order valence-electron chi connectivity index (χ4n) is 2.58. The SMILES string of the molecule is COc1ccc(N2CC(C(=O)NCC(C)(C)N)CC2=O)c(OC)c1. The highest BCUT2D eigenvalue weighted by molar-refractivity contribution is 6.01. The van der Waals surface area contributed by atoms with Crippen LogP contribution < -0.4 is 25.4 Å². The molecule has 0 bridgehead atoms. The van der Waals surface area contributed by atoms with Crippen molar-refractivity contribution < 1.29 is 19.1 Å². The lowest BCUT2D eigenvalue weighted by Gasteiger charge is -2.21. The van der Waals surface area contributed by atoms with Gasteiger partial charge in [0.05, 0.1) is 25.8 Å². The van der Waals surface area contributed by atoms with Gasteiger partial charge in [0.2, 0.25) is 11.8 Å². The summed E-state index contributed by atoms with van der Waals surface area (Å²) in [6, 6.07) is 5.24. The summed E-state index contributed by atoms with van der Waals surface area (Å²) < 4.78 is 10.5. The predicted molar refractivity (Wildman–Crippen MR) is 91.3 cm³/mol. The molecule has 1 aliphatic rings. The van der Waals surface area contributed by atoms with Crippen molar-refractivity contribution in [2.24, 2.45) is 11.7 Å². The highest BCUT2D eigenvalue weighted by Crippen LogP contribution is 2.35. The second-order valence-corrected chi connectivity index (χ2v) is 6.65. The monoisotopic (exact) mass is 335 g/mol. The van der Waals surface area contributed by atoms with Crippen LogP contribution in [-0.2, 0) is 9.59 Å². The van der Waals surface area contributed by atoms with Gasteiger partial charge in [-0.25, -0.2) is 0 Å². The molecule has 7 nitrogen and oxygen atoms in total. The number of hydrogen-bond donors (Lipinski definition) is 2. The molecule has 0 radical (unpaired) electrons. The highest BCUT2D eigenvalue weighted by atomic mass is 16.5. The molecule has 1 aromatic carbocycles. The predicted octanol–water partition coefficient (Wildman–Crippen LogP) is 0.910. The van der Waals surface area contributed by atoms with Gasteiger partial charge in [-0.05, 0) is 26.0 Å². The van der Waals surface area contributed by atoms with Gasteiger partial charge in [0.15, 0.2) is 0 Å². The van der Waals surface area contributed by atoms with Crippen LogP contribution in [0, 0.1) is 5.92 Å². The van der Waals surface area contributed by atoms with Crippen LogP contribution in [0.25, 0.3) is 0 Å². The number of methoxy groups -OCH3 is 2. The Morgan fingerprint density at radius 2 is 2.08 bits per heavy atom. The van der Waals surface area contributed by atoms with Crippen LogP contribution in [0.1, 0.15) is 20.3 Å². The molecule has 1 fully saturated rings. The Morgan fingerprint density at radius 1 is 1.38 bits per heavy atom. The fraction of sp³-hybridized carbons (Fsp3) is 0.529. The van der Waals surface area contributed by atoms with Crippen LogP contribution in [0.15, 0.2) is 18.2 Å². The van der Waals surface area contributed by atoms with Gasteiger partial charge in [-0.1, -0.05) is 0 Å². The molecule has 1 aliphatic heterocycles. The molecule has 3 N–H and O–H groups in total. The van der Waals surface area contributed by atoms with Gasteiger partial charge in [-0.3, -0.25) is 9.59 Å². The number of carbonyl (C=O) groups is 2. The van der Waals surface area contributed by atoms with Crippen LogP contribution in [0.2, 0.25) is 0 Å². The minimum atomic E-state index is -0.489. The van der Waals surface area contributed by atoms with E-state index in [9.17, 15) is 9.59 Å². The number of benzene rings is 1. The summed E-state index contributed by atoms with van der Waals surface area (Å²) in [4.78, 5) is 26.2. The van der Waals surface area contributed by atoms with Crippen molar-refractivity contribution in [1.29, 1.82) is 0 Å². The Morgan fingerprint density at radius 3 is 2.67 bits per heavy atom. The first-order valence-electron chi connectivity index (χ1n) is 7.84. The Bertz CT molecular complexity index is 625. The molecule has 0 aliphatic carbocycles. The van der Waals surface area contributed by atoms with Crippen LogP contribution in [0.5, 0.6) is 11.5 Å². The molecular formula is C17H25N3O4. The Hall–Kier alpha value is -2.28. The van der Waals surface area contributed by atoms with Gasteiger partial charge in [0, 0.05) is 31.1 Å². The van der Waals surface area contributed by atoms with Crippen LogP contribution in [0.4, 0.5) is 5.69 Å². The summed E-state index contributed by atoms with van der Waals surface area (Å²) in [5.41, 5.74) is 6.02. The number of carbonyl (C=O) groups excluding carboxylic acids is 2. The molecule has 1 atom stereocenters. The van der Waals surface area contributed by atoms with E-state index in [0.29, 0.717) is 30.3 Å². The minimum absolute atomic E-state index is 0.106. The van der Waals surface area contributed by atoms with Gasteiger partial charge in [0.1, 0.15) is 11.5 Å². The van der Waals surface area contributed by atoms with Crippen LogP contribution in [0.3, 0.4) is 0 Å². The lowest BCUT2D eigenvalue weighted by Crippen LogP contribution is -2.46. The smallest absolute Gasteiger partial charge is 0.227 e. The number of nitrogens with two attached hydrogens (primary N) is 1. The molecule has 1 unspecified atom stereocenters. The summed E-state index contributed by atoms with van der Waals surface area (Å²) >= 11 is 0. The van der Waals surface area contributed by atoms with Crippen LogP contribution >= 0.6 is 0 Å². The number of amides is 2. The first kappa shape index (κ1) is 18.1. The second-order valence-electron chi connectivity index (χ2n) is 6.65. The van der Waals surface area contributed by atoms with Crippen molar-refractivity contribution in [3.63, 3.8) is 0 Å². The van der Waals surface area contributed by atoms with Crippen molar-refractivity contribution in [3.05, 3.63) is 18.2 Å². The molecular weight excluding hydrogens is 310 g/mol. The Kier molecular flexibility index (Phi) is 5.33. The molecule has 1 aromatic rings. The fourth-order valence-corrected chi connectivity index (χ4v) is 2.58. The number of rotatable bonds is 6. The average Bonchev–Trinajstić information content (AvgIpc) is 2.93. The summed E-state index contributed by atoms with van der Waals surface area (Å²) in [6.07, 6.45) is 0.173. The number of hydrogen-bond acceptors (Lipinski definition) is 5. The molecule has 2 amide bonds. The zero-order chi connectivity index (χ0) is 17.9. The van der Waals surface area contributed by atoms with E-state index in [2.05, 4.69) is 5.32 Å². The molecule has 2 rings (SSSR count). The third-order valence-electron chi connectivity index (χ3n) is 3.89. The van der Waals surface area contributed by atoms with E-state index in [1.165, 1.54) is 7.11 Å². The third kappa shape index (κ3) is 4.17. The average molecular weight is 335 g/mol. The molecule has 0 aromatic heterocycles. The Labute approximate surface area is 142 Å². The Balaban J connectivity index is 2.11. The maximum atomic E-state index is 12.3. The lowest BCUT2D eigenvalue weighted by atomic mass is 10.1. The largest absolute Gasteiger partial charge is 0.497 e. The number of nitrogens with one attached hydrogen (secondary N) is 1. The van der Waals surface area contributed by atoms with E-state index in [4.69, 9.17) is 15.2 Å². The van der Waals surface area contributed by atoms with Crippen LogP contribution in [-0.4, -0.2) is 44.7 Å². The normalized spacial score (nSPS) is 17.8. The molecule has 132 valence electrons. The molecule has 1 heterocycles. The number of nitrogens with zero attached hydrogens (tertiary/aromatic N) is 1. The van der Waals surface area contributed by atoms with Gasteiger partial charge < -0.3 is 25.4 Å². The van der Waals surface area contributed by atoms with E-state index in [0.717, 1.165) is 0 Å². The first-order valence-corrected chi connectivity index (χ1v) is 7.84. The second kappa shape index (κ2) is 7.09. The van der Waals surface area contributed by atoms with E-state index in [1.807, 2.05) is 13.8 Å². The number of ether oxygens (including phenoxy) is 2. The topological polar surface area (TPSA) is 93.9 Å².